The molecule has 0 aromatic carbocycles. The number of hydrogen-bond donors (Lipinski definition) is 2. The van der Waals surface area contributed by atoms with Crippen LogP contribution in [0.25, 0.3) is 0 Å². The van der Waals surface area contributed by atoms with Gasteiger partial charge in [-0.1, -0.05) is 0 Å². The molecule has 0 atom stereocenters. The SMILES string of the molecule is N#CC(C#N)(C#N)SOB(O)O.[LiH]. The Labute approximate surface area is 91.3 Å². The van der Waals surface area contributed by atoms with Crippen molar-refractivity contribution in [2.75, 3.05) is 0 Å². The Morgan fingerprint density at radius 1 is 1.15 bits per heavy atom. The fourth-order valence-corrected chi connectivity index (χ4v) is 0.588. The Morgan fingerprint density at radius 2 is 1.54 bits per heavy atom. The molecule has 0 saturated carbocycles. The van der Waals surface area contributed by atoms with Crippen molar-refractivity contribution < 1.29 is 14.1 Å². The van der Waals surface area contributed by atoms with Gasteiger partial charge in [0.25, 0.3) is 4.75 Å². The summed E-state index contributed by atoms with van der Waals surface area (Å²) in [5, 5.41) is 41.4. The Morgan fingerprint density at radius 3 is 1.77 bits per heavy atom. The van der Waals surface area contributed by atoms with E-state index in [1.165, 1.54) is 18.2 Å². The first kappa shape index (κ1) is 14.9. The zero-order valence-electron chi connectivity index (χ0n) is 5.63. The van der Waals surface area contributed by atoms with Gasteiger partial charge in [0.2, 0.25) is 0 Å². The van der Waals surface area contributed by atoms with Crippen molar-refractivity contribution in [3.63, 3.8) is 0 Å². The van der Waals surface area contributed by atoms with Crippen molar-refractivity contribution in [2.24, 2.45) is 0 Å². The van der Waals surface area contributed by atoms with Crippen LogP contribution in [-0.4, -0.2) is 41.0 Å². The molecule has 0 aliphatic rings. The fourth-order valence-electron chi connectivity index (χ4n) is 0.246. The van der Waals surface area contributed by atoms with Crippen LogP contribution < -0.4 is 0 Å². The fraction of sp³-hybridized carbons (Fsp3) is 0.250. The van der Waals surface area contributed by atoms with Crippen molar-refractivity contribution in [2.45, 2.75) is 4.75 Å². The van der Waals surface area contributed by atoms with Gasteiger partial charge in [-0.2, -0.15) is 15.8 Å². The molecule has 0 aromatic heterocycles. The first-order chi connectivity index (χ1) is 5.60. The predicted molar refractivity (Wildman–Crippen MR) is 45.6 cm³/mol. The van der Waals surface area contributed by atoms with Gasteiger partial charge in [0.05, 0.1) is 0 Å². The molecule has 0 bridgehead atoms. The Balaban J connectivity index is 0. The molecule has 0 unspecified atom stereocenters. The molecule has 2 N–H and O–H groups in total. The zero-order chi connectivity index (χ0) is 9.61. The molecule has 0 fully saturated rings. The third-order valence-corrected chi connectivity index (χ3v) is 1.52. The van der Waals surface area contributed by atoms with Crippen LogP contribution in [-0.2, 0) is 4.10 Å². The van der Waals surface area contributed by atoms with Crippen molar-refractivity contribution in [3.05, 3.63) is 0 Å². The molecule has 0 heterocycles. The predicted octanol–water partition coefficient (Wildman–Crippen LogP) is -1.72. The van der Waals surface area contributed by atoms with E-state index in [1.807, 2.05) is 0 Å². The minimum absolute atomic E-state index is 0. The minimum atomic E-state index is -2.12. The summed E-state index contributed by atoms with van der Waals surface area (Å²) >= 11 is 0.0937. The van der Waals surface area contributed by atoms with Gasteiger partial charge in [0.15, 0.2) is 0 Å². The summed E-state index contributed by atoms with van der Waals surface area (Å²) in [6.45, 7) is 0. The first-order valence-corrected chi connectivity index (χ1v) is 3.29. The molecule has 9 heteroatoms. The standard InChI is InChI=1S/C4H2BN3O3S.Li.H/c6-1-4(2-7,3-8)12-11-5(9)10;;/h9-10H;;. The molecule has 6 nitrogen and oxygen atoms in total. The number of nitriles is 3. The Kier molecular flexibility index (Phi) is 7.81. The summed E-state index contributed by atoms with van der Waals surface area (Å²) in [5.74, 6) is 0. The van der Waals surface area contributed by atoms with Gasteiger partial charge in [-0.15, -0.1) is 0 Å². The monoisotopic (exact) mass is 191 g/mol. The second kappa shape index (κ2) is 6.83. The maximum absolute atomic E-state index is 8.33. The average Bonchev–Trinajstić information content (AvgIpc) is 2.08. The molecule has 0 aliphatic carbocycles. The van der Waals surface area contributed by atoms with Gasteiger partial charge in [-0.3, -0.25) is 0 Å². The first-order valence-electron chi connectivity index (χ1n) is 2.54. The van der Waals surface area contributed by atoms with Gasteiger partial charge < -0.3 is 14.1 Å². The summed E-state index contributed by atoms with van der Waals surface area (Å²) in [6.07, 6.45) is 0. The van der Waals surface area contributed by atoms with Gasteiger partial charge in [0, 0.05) is 12.0 Å². The zero-order valence-corrected chi connectivity index (χ0v) is 6.45. The molecular weight excluding hydrogens is 188 g/mol. The van der Waals surface area contributed by atoms with Crippen LogP contribution in [0, 0.1) is 34.0 Å². The average molecular weight is 191 g/mol. The molecule has 0 rings (SSSR count). The van der Waals surface area contributed by atoms with Crippen LogP contribution in [0.1, 0.15) is 0 Å². The quantitative estimate of drug-likeness (QED) is 0.401. The number of nitrogens with zero attached hydrogens (tertiary/aromatic N) is 3. The third kappa shape index (κ3) is 4.83. The second-order valence-corrected chi connectivity index (χ2v) is 2.49. The Hall–Kier alpha value is -0.638. The molecule has 0 aromatic rings. The van der Waals surface area contributed by atoms with Gasteiger partial charge in [-0.25, -0.2) is 0 Å². The van der Waals surface area contributed by atoms with E-state index in [0.29, 0.717) is 0 Å². The summed E-state index contributed by atoms with van der Waals surface area (Å²) in [5.41, 5.74) is 0. The van der Waals surface area contributed by atoms with E-state index in [9.17, 15) is 0 Å². The molecule has 62 valence electrons. The maximum atomic E-state index is 8.33. The summed E-state index contributed by atoms with van der Waals surface area (Å²) in [7, 11) is -2.12. The molecule has 0 aliphatic heterocycles. The molecular formula is C4H3BLiN3O3S. The van der Waals surface area contributed by atoms with Crippen LogP contribution >= 0.6 is 12.0 Å². The van der Waals surface area contributed by atoms with Gasteiger partial charge in [0.1, 0.15) is 18.2 Å². The van der Waals surface area contributed by atoms with E-state index in [0.717, 1.165) is 0 Å². The van der Waals surface area contributed by atoms with E-state index in [1.54, 1.807) is 0 Å². The van der Waals surface area contributed by atoms with E-state index in [-0.39, 0.29) is 30.9 Å². The molecule has 13 heavy (non-hydrogen) atoms. The van der Waals surface area contributed by atoms with Crippen LogP contribution in [0.15, 0.2) is 0 Å². The topological polar surface area (TPSA) is 121 Å². The van der Waals surface area contributed by atoms with Crippen molar-refractivity contribution in [1.82, 2.24) is 0 Å². The van der Waals surface area contributed by atoms with Crippen LogP contribution in [0.4, 0.5) is 0 Å². The van der Waals surface area contributed by atoms with E-state index < -0.39 is 12.1 Å². The Bertz CT molecular complexity index is 244. The van der Waals surface area contributed by atoms with Crippen molar-refractivity contribution in [3.8, 4) is 18.2 Å². The van der Waals surface area contributed by atoms with E-state index in [4.69, 9.17) is 25.8 Å². The molecule has 0 saturated heterocycles. The summed E-state index contributed by atoms with van der Waals surface area (Å²) < 4.78 is 1.99. The summed E-state index contributed by atoms with van der Waals surface area (Å²) in [6, 6.07) is 4.09. The molecule has 0 amide bonds. The van der Waals surface area contributed by atoms with E-state index >= 15 is 0 Å². The van der Waals surface area contributed by atoms with Gasteiger partial charge >= 0.3 is 26.2 Å². The van der Waals surface area contributed by atoms with Gasteiger partial charge in [-0.05, 0) is 0 Å². The molecule has 0 spiro atoms. The summed E-state index contributed by atoms with van der Waals surface area (Å²) in [4.78, 5) is 0. The van der Waals surface area contributed by atoms with Crippen LogP contribution in [0.3, 0.4) is 0 Å². The second-order valence-electron chi connectivity index (χ2n) is 1.52. The third-order valence-electron chi connectivity index (χ3n) is 0.732. The van der Waals surface area contributed by atoms with Crippen molar-refractivity contribution >= 4 is 38.2 Å². The van der Waals surface area contributed by atoms with Crippen LogP contribution in [0.5, 0.6) is 0 Å². The van der Waals surface area contributed by atoms with Crippen molar-refractivity contribution in [1.29, 1.82) is 15.8 Å². The number of hydrogen-bond acceptors (Lipinski definition) is 7. The van der Waals surface area contributed by atoms with Crippen LogP contribution in [0.2, 0.25) is 0 Å². The van der Waals surface area contributed by atoms with E-state index in [2.05, 4.69) is 4.10 Å². The number of rotatable bonds is 3. The normalized spacial score (nSPS) is 8.54. The molecule has 0 radical (unpaired) electrons.